The van der Waals surface area contributed by atoms with E-state index in [0.29, 0.717) is 34.3 Å². The van der Waals surface area contributed by atoms with Gasteiger partial charge in [0.25, 0.3) is 5.91 Å². The summed E-state index contributed by atoms with van der Waals surface area (Å²) >= 11 is 0. The summed E-state index contributed by atoms with van der Waals surface area (Å²) in [7, 11) is -2.26. The van der Waals surface area contributed by atoms with Crippen LogP contribution in [0.5, 0.6) is 0 Å². The van der Waals surface area contributed by atoms with E-state index in [0.717, 1.165) is 12.8 Å². The van der Waals surface area contributed by atoms with Gasteiger partial charge in [-0.1, -0.05) is 12.1 Å². The molecule has 3 heterocycles. The van der Waals surface area contributed by atoms with Crippen LogP contribution >= 0.6 is 0 Å². The standard InChI is InChI=1S/C20H19N7O4S/c1-21-32(30,31)14-4-2-3-11(7-14)15-9-17(23-13-5-6-13)27-18(24-15)12(10-22-27)8-16-19(28)26-20(29)25-16/h2-4,7-10,13,21,23H,5-6H2,1H3,(H2,25,26,28,29)/b16-8-. The normalized spacial score (nSPS) is 17.6. The first-order chi connectivity index (χ1) is 15.3. The number of hydrogen-bond acceptors (Lipinski definition) is 7. The first kappa shape index (κ1) is 20.2. The Kier molecular flexibility index (Phi) is 4.68. The minimum absolute atomic E-state index is 0.0934. The van der Waals surface area contributed by atoms with Gasteiger partial charge in [-0.25, -0.2) is 22.9 Å². The molecule has 12 heteroatoms. The van der Waals surface area contributed by atoms with Gasteiger partial charge in [0.2, 0.25) is 10.0 Å². The second-order valence-corrected chi connectivity index (χ2v) is 9.37. The van der Waals surface area contributed by atoms with Crippen LogP contribution in [0.4, 0.5) is 10.6 Å². The zero-order valence-electron chi connectivity index (χ0n) is 16.9. The highest BCUT2D eigenvalue weighted by Crippen LogP contribution is 2.30. The van der Waals surface area contributed by atoms with Crippen LogP contribution in [-0.4, -0.2) is 48.0 Å². The molecule has 11 nitrogen and oxygen atoms in total. The summed E-state index contributed by atoms with van der Waals surface area (Å²) in [6, 6.07) is 8.02. The van der Waals surface area contributed by atoms with Crippen molar-refractivity contribution in [2.45, 2.75) is 23.8 Å². The molecular formula is C20H19N7O4S. The van der Waals surface area contributed by atoms with E-state index < -0.39 is 22.0 Å². The van der Waals surface area contributed by atoms with Crippen molar-refractivity contribution < 1.29 is 18.0 Å². The number of carbonyl (C=O) groups excluding carboxylic acids is 2. The predicted molar refractivity (Wildman–Crippen MR) is 116 cm³/mol. The van der Waals surface area contributed by atoms with Gasteiger partial charge >= 0.3 is 6.03 Å². The topological polar surface area (TPSA) is 147 Å². The minimum atomic E-state index is -3.62. The number of imide groups is 1. The first-order valence-corrected chi connectivity index (χ1v) is 11.4. The summed E-state index contributed by atoms with van der Waals surface area (Å²) in [5.41, 5.74) is 2.21. The van der Waals surface area contributed by atoms with Gasteiger partial charge < -0.3 is 10.6 Å². The molecule has 2 aliphatic rings. The molecule has 3 amide bonds. The van der Waals surface area contributed by atoms with Crippen molar-refractivity contribution in [1.82, 2.24) is 30.0 Å². The molecule has 1 aliphatic carbocycles. The van der Waals surface area contributed by atoms with Crippen molar-refractivity contribution in [1.29, 1.82) is 0 Å². The number of aromatic nitrogens is 3. The van der Waals surface area contributed by atoms with E-state index >= 15 is 0 Å². The highest BCUT2D eigenvalue weighted by molar-refractivity contribution is 7.89. The van der Waals surface area contributed by atoms with Crippen LogP contribution in [0.2, 0.25) is 0 Å². The van der Waals surface area contributed by atoms with Gasteiger partial charge in [0, 0.05) is 23.2 Å². The lowest BCUT2D eigenvalue weighted by atomic mass is 10.1. The van der Waals surface area contributed by atoms with E-state index in [-0.39, 0.29) is 10.6 Å². The Hall–Kier alpha value is -3.77. The Morgan fingerprint density at radius 2 is 2.00 bits per heavy atom. The molecular weight excluding hydrogens is 434 g/mol. The molecule has 3 aromatic rings. The molecule has 1 aliphatic heterocycles. The Morgan fingerprint density at radius 1 is 1.19 bits per heavy atom. The lowest BCUT2D eigenvalue weighted by molar-refractivity contribution is -0.115. The molecule has 4 N–H and O–H groups in total. The summed E-state index contributed by atoms with van der Waals surface area (Å²) < 4.78 is 28.4. The number of fused-ring (bicyclic) bond motifs is 1. The quantitative estimate of drug-likeness (QED) is 0.322. The highest BCUT2D eigenvalue weighted by Gasteiger charge is 2.25. The van der Waals surface area contributed by atoms with Crippen molar-refractivity contribution in [3.8, 4) is 11.3 Å². The SMILES string of the molecule is CNS(=O)(=O)c1cccc(-c2cc(NC3CC3)n3ncc(/C=C4\NC(=O)NC4=O)c3n2)c1. The van der Waals surface area contributed by atoms with Gasteiger partial charge in [-0.2, -0.15) is 9.61 Å². The summed E-state index contributed by atoms with van der Waals surface area (Å²) in [6.45, 7) is 0. The number of carbonyl (C=O) groups is 2. The number of nitrogens with zero attached hydrogens (tertiary/aromatic N) is 3. The van der Waals surface area contributed by atoms with Crippen molar-refractivity contribution in [2.75, 3.05) is 12.4 Å². The monoisotopic (exact) mass is 453 g/mol. The van der Waals surface area contributed by atoms with Crippen LogP contribution in [0.25, 0.3) is 23.0 Å². The first-order valence-electron chi connectivity index (χ1n) is 9.87. The van der Waals surface area contributed by atoms with Crippen LogP contribution in [0.15, 0.2) is 47.1 Å². The maximum atomic E-state index is 12.2. The van der Waals surface area contributed by atoms with Crippen molar-refractivity contribution >= 4 is 39.5 Å². The molecule has 0 bridgehead atoms. The number of nitrogens with one attached hydrogen (secondary N) is 4. The van der Waals surface area contributed by atoms with E-state index in [4.69, 9.17) is 0 Å². The number of urea groups is 1. The maximum Gasteiger partial charge on any atom is 0.326 e. The third kappa shape index (κ3) is 3.69. The minimum Gasteiger partial charge on any atom is -0.367 e. The van der Waals surface area contributed by atoms with E-state index in [2.05, 4.69) is 30.8 Å². The summed E-state index contributed by atoms with van der Waals surface area (Å²) in [6.07, 6.45) is 5.14. The molecule has 1 saturated heterocycles. The van der Waals surface area contributed by atoms with E-state index in [1.54, 1.807) is 28.9 Å². The number of amides is 3. The average Bonchev–Trinajstić information content (AvgIpc) is 3.42. The van der Waals surface area contributed by atoms with Crippen LogP contribution in [0.1, 0.15) is 18.4 Å². The lowest BCUT2D eigenvalue weighted by Gasteiger charge is -2.11. The molecule has 164 valence electrons. The molecule has 1 saturated carbocycles. The summed E-state index contributed by atoms with van der Waals surface area (Å²) in [5.74, 6) is 0.158. The molecule has 0 unspecified atom stereocenters. The molecule has 2 aromatic heterocycles. The number of sulfonamides is 1. The Balaban J connectivity index is 1.65. The van der Waals surface area contributed by atoms with Crippen molar-refractivity contribution in [3.05, 3.63) is 47.8 Å². The predicted octanol–water partition coefficient (Wildman–Crippen LogP) is 1.06. The van der Waals surface area contributed by atoms with Gasteiger partial charge in [-0.15, -0.1) is 0 Å². The largest absolute Gasteiger partial charge is 0.367 e. The molecule has 1 aromatic carbocycles. The average molecular weight is 453 g/mol. The van der Waals surface area contributed by atoms with Crippen LogP contribution in [-0.2, 0) is 14.8 Å². The third-order valence-electron chi connectivity index (χ3n) is 5.16. The zero-order valence-corrected chi connectivity index (χ0v) is 17.7. The number of hydrogen-bond donors (Lipinski definition) is 4. The second kappa shape index (κ2) is 7.43. The molecule has 0 radical (unpaired) electrons. The molecule has 0 atom stereocenters. The van der Waals surface area contributed by atoms with Crippen LogP contribution in [0, 0.1) is 0 Å². The number of rotatable bonds is 6. The number of anilines is 1. The summed E-state index contributed by atoms with van der Waals surface area (Å²) in [5, 5.41) is 12.4. The fraction of sp³-hybridized carbons (Fsp3) is 0.200. The Labute approximate surface area is 183 Å². The smallest absolute Gasteiger partial charge is 0.326 e. The van der Waals surface area contributed by atoms with Gasteiger partial charge in [-0.3, -0.25) is 10.1 Å². The zero-order chi connectivity index (χ0) is 22.5. The molecule has 0 spiro atoms. The van der Waals surface area contributed by atoms with Crippen LogP contribution in [0.3, 0.4) is 0 Å². The maximum absolute atomic E-state index is 12.2. The second-order valence-electron chi connectivity index (χ2n) is 7.48. The fourth-order valence-corrected chi connectivity index (χ4v) is 4.12. The van der Waals surface area contributed by atoms with Crippen molar-refractivity contribution in [2.24, 2.45) is 0 Å². The van der Waals surface area contributed by atoms with Gasteiger partial charge in [0.1, 0.15) is 11.5 Å². The molecule has 32 heavy (non-hydrogen) atoms. The summed E-state index contributed by atoms with van der Waals surface area (Å²) in [4.78, 5) is 28.2. The molecule has 5 rings (SSSR count). The van der Waals surface area contributed by atoms with Crippen LogP contribution < -0.4 is 20.7 Å². The van der Waals surface area contributed by atoms with Gasteiger partial charge in [0.15, 0.2) is 5.65 Å². The number of benzene rings is 1. The van der Waals surface area contributed by atoms with Crippen molar-refractivity contribution in [3.63, 3.8) is 0 Å². The fourth-order valence-electron chi connectivity index (χ4n) is 3.35. The highest BCUT2D eigenvalue weighted by atomic mass is 32.2. The van der Waals surface area contributed by atoms with E-state index in [1.165, 1.54) is 19.2 Å². The van der Waals surface area contributed by atoms with E-state index in [9.17, 15) is 18.0 Å². The van der Waals surface area contributed by atoms with E-state index in [1.807, 2.05) is 6.07 Å². The van der Waals surface area contributed by atoms with Gasteiger partial charge in [-0.05, 0) is 38.1 Å². The lowest BCUT2D eigenvalue weighted by Crippen LogP contribution is -2.22. The Bertz CT molecular complexity index is 1410. The third-order valence-corrected chi connectivity index (χ3v) is 6.57. The molecule has 2 fully saturated rings. The Morgan fingerprint density at radius 3 is 2.69 bits per heavy atom. The van der Waals surface area contributed by atoms with Gasteiger partial charge in [0.05, 0.1) is 16.8 Å².